The summed E-state index contributed by atoms with van der Waals surface area (Å²) in [6.07, 6.45) is 8.90. The van der Waals surface area contributed by atoms with Gasteiger partial charge < -0.3 is 14.5 Å². The van der Waals surface area contributed by atoms with Crippen molar-refractivity contribution in [3.8, 4) is 5.75 Å². The zero-order valence-corrected chi connectivity index (χ0v) is 20.6. The molecular formula is C25H39BrN2O2. The van der Waals surface area contributed by atoms with E-state index in [-0.39, 0.29) is 12.0 Å². The monoisotopic (exact) mass is 478 g/mol. The van der Waals surface area contributed by atoms with Crippen molar-refractivity contribution in [2.45, 2.75) is 71.8 Å². The SMILES string of the molecule is CC(=O)N1CCCC(CCCN2CCC(Cc3cc(OC(C)C)ccc3Br)CC2)C1. The molecule has 0 bridgehead atoms. The van der Waals surface area contributed by atoms with Crippen LogP contribution in [0.3, 0.4) is 0 Å². The van der Waals surface area contributed by atoms with Crippen LogP contribution in [0.1, 0.15) is 64.9 Å². The van der Waals surface area contributed by atoms with Crippen molar-refractivity contribution in [2.75, 3.05) is 32.7 Å². The Morgan fingerprint density at radius 2 is 1.93 bits per heavy atom. The number of rotatable bonds is 8. The third-order valence-corrected chi connectivity index (χ3v) is 7.43. The number of hydrogen-bond donors (Lipinski definition) is 0. The number of piperidine rings is 2. The zero-order chi connectivity index (χ0) is 21.5. The highest BCUT2D eigenvalue weighted by Gasteiger charge is 2.23. The van der Waals surface area contributed by atoms with Gasteiger partial charge in [-0.1, -0.05) is 15.9 Å². The third kappa shape index (κ3) is 7.26. The van der Waals surface area contributed by atoms with Gasteiger partial charge in [0.15, 0.2) is 0 Å². The van der Waals surface area contributed by atoms with Crippen molar-refractivity contribution < 1.29 is 9.53 Å². The van der Waals surface area contributed by atoms with Gasteiger partial charge in [-0.05, 0) is 114 Å². The second-order valence-corrected chi connectivity index (χ2v) is 10.4. The molecule has 2 aliphatic rings. The molecule has 4 nitrogen and oxygen atoms in total. The summed E-state index contributed by atoms with van der Waals surface area (Å²) in [6, 6.07) is 6.39. The first-order valence-corrected chi connectivity index (χ1v) is 12.6. The Morgan fingerprint density at radius 1 is 1.17 bits per heavy atom. The van der Waals surface area contributed by atoms with Gasteiger partial charge in [-0.25, -0.2) is 0 Å². The van der Waals surface area contributed by atoms with E-state index < -0.39 is 0 Å². The van der Waals surface area contributed by atoms with E-state index in [1.54, 1.807) is 6.92 Å². The van der Waals surface area contributed by atoms with Gasteiger partial charge in [-0.3, -0.25) is 4.79 Å². The molecule has 0 aromatic heterocycles. The molecule has 3 rings (SSSR count). The first-order chi connectivity index (χ1) is 14.4. The molecule has 2 fully saturated rings. The highest BCUT2D eigenvalue weighted by atomic mass is 79.9. The van der Waals surface area contributed by atoms with E-state index >= 15 is 0 Å². The lowest BCUT2D eigenvalue weighted by molar-refractivity contribution is -0.130. The lowest BCUT2D eigenvalue weighted by Crippen LogP contribution is -2.39. The van der Waals surface area contributed by atoms with Gasteiger partial charge in [0.1, 0.15) is 5.75 Å². The minimum absolute atomic E-state index is 0.210. The van der Waals surface area contributed by atoms with Crippen LogP contribution in [0.5, 0.6) is 5.75 Å². The Balaban J connectivity index is 1.37. The molecule has 0 spiro atoms. The van der Waals surface area contributed by atoms with Gasteiger partial charge in [0.05, 0.1) is 6.10 Å². The summed E-state index contributed by atoms with van der Waals surface area (Å²) in [5.74, 6) is 2.69. The van der Waals surface area contributed by atoms with Crippen LogP contribution in [-0.4, -0.2) is 54.5 Å². The van der Waals surface area contributed by atoms with Gasteiger partial charge in [0.25, 0.3) is 0 Å². The summed E-state index contributed by atoms with van der Waals surface area (Å²) in [5.41, 5.74) is 1.37. The Morgan fingerprint density at radius 3 is 2.63 bits per heavy atom. The number of likely N-dealkylation sites (tertiary alicyclic amines) is 2. The standard InChI is InChI=1S/C25H39BrN2O2/c1-19(2)30-24-8-9-25(26)23(17-24)16-21-10-14-27(15-11-21)12-4-6-22-7-5-13-28(18-22)20(3)29/h8-9,17,19,21-22H,4-7,10-16,18H2,1-3H3. The van der Waals surface area contributed by atoms with Crippen molar-refractivity contribution in [3.63, 3.8) is 0 Å². The van der Waals surface area contributed by atoms with Gasteiger partial charge in [0.2, 0.25) is 5.91 Å². The highest BCUT2D eigenvalue weighted by molar-refractivity contribution is 9.10. The van der Waals surface area contributed by atoms with Crippen LogP contribution < -0.4 is 4.74 Å². The van der Waals surface area contributed by atoms with Crippen molar-refractivity contribution in [3.05, 3.63) is 28.2 Å². The van der Waals surface area contributed by atoms with E-state index in [1.165, 1.54) is 68.2 Å². The second kappa shape index (κ2) is 11.5. The number of nitrogens with zero attached hydrogens (tertiary/aromatic N) is 2. The molecule has 1 unspecified atom stereocenters. The summed E-state index contributed by atoms with van der Waals surface area (Å²) >= 11 is 3.73. The molecule has 2 heterocycles. The average Bonchev–Trinajstić information content (AvgIpc) is 2.71. The van der Waals surface area contributed by atoms with Gasteiger partial charge in [0, 0.05) is 24.5 Å². The van der Waals surface area contributed by atoms with Crippen LogP contribution in [0, 0.1) is 11.8 Å². The van der Waals surface area contributed by atoms with E-state index in [4.69, 9.17) is 4.74 Å². The molecule has 0 aliphatic carbocycles. The predicted octanol–water partition coefficient (Wildman–Crippen LogP) is 5.53. The molecule has 2 aliphatic heterocycles. The molecule has 168 valence electrons. The van der Waals surface area contributed by atoms with Crippen molar-refractivity contribution in [1.82, 2.24) is 9.80 Å². The van der Waals surface area contributed by atoms with E-state index in [0.717, 1.165) is 31.2 Å². The number of benzene rings is 1. The largest absolute Gasteiger partial charge is 0.491 e. The zero-order valence-electron chi connectivity index (χ0n) is 19.0. The Labute approximate surface area is 191 Å². The van der Waals surface area contributed by atoms with Crippen LogP contribution >= 0.6 is 15.9 Å². The first-order valence-electron chi connectivity index (χ1n) is 11.8. The molecule has 0 saturated carbocycles. The van der Waals surface area contributed by atoms with Gasteiger partial charge in [-0.2, -0.15) is 0 Å². The normalized spacial score (nSPS) is 21.2. The predicted molar refractivity (Wildman–Crippen MR) is 127 cm³/mol. The molecule has 0 radical (unpaired) electrons. The molecule has 0 N–H and O–H groups in total. The number of carbonyl (C=O) groups excluding carboxylic acids is 1. The van der Waals surface area contributed by atoms with Gasteiger partial charge >= 0.3 is 0 Å². The fourth-order valence-corrected chi connectivity index (χ4v) is 5.38. The van der Waals surface area contributed by atoms with E-state index in [1.807, 2.05) is 4.90 Å². The molecule has 1 aromatic rings. The van der Waals surface area contributed by atoms with Crippen LogP contribution in [0.2, 0.25) is 0 Å². The number of ether oxygens (including phenoxy) is 1. The Kier molecular flexibility index (Phi) is 9.06. The smallest absolute Gasteiger partial charge is 0.219 e. The minimum Gasteiger partial charge on any atom is -0.491 e. The lowest BCUT2D eigenvalue weighted by atomic mass is 9.89. The summed E-state index contributed by atoms with van der Waals surface area (Å²) in [6.45, 7) is 11.4. The molecule has 5 heteroatoms. The second-order valence-electron chi connectivity index (χ2n) is 9.52. The Hall–Kier alpha value is -1.07. The van der Waals surface area contributed by atoms with Crippen molar-refractivity contribution >= 4 is 21.8 Å². The first kappa shape index (κ1) is 23.6. The van der Waals surface area contributed by atoms with E-state index in [9.17, 15) is 4.79 Å². The van der Waals surface area contributed by atoms with Crippen LogP contribution in [0.25, 0.3) is 0 Å². The molecule has 30 heavy (non-hydrogen) atoms. The summed E-state index contributed by atoms with van der Waals surface area (Å²) in [7, 11) is 0. The molecule has 1 atom stereocenters. The molecule has 2 saturated heterocycles. The van der Waals surface area contributed by atoms with E-state index in [0.29, 0.717) is 5.92 Å². The van der Waals surface area contributed by atoms with Gasteiger partial charge in [-0.15, -0.1) is 0 Å². The summed E-state index contributed by atoms with van der Waals surface area (Å²) in [5, 5.41) is 0. The number of hydrogen-bond acceptors (Lipinski definition) is 3. The van der Waals surface area contributed by atoms with Crippen molar-refractivity contribution in [1.29, 1.82) is 0 Å². The number of halogens is 1. The lowest BCUT2D eigenvalue weighted by Gasteiger charge is -2.34. The Bertz CT molecular complexity index is 686. The quantitative estimate of drug-likeness (QED) is 0.492. The van der Waals surface area contributed by atoms with E-state index in [2.05, 4.69) is 52.9 Å². The average molecular weight is 480 g/mol. The highest BCUT2D eigenvalue weighted by Crippen LogP contribution is 2.29. The number of carbonyl (C=O) groups is 1. The number of amides is 1. The summed E-state index contributed by atoms with van der Waals surface area (Å²) < 4.78 is 7.08. The maximum absolute atomic E-state index is 11.6. The van der Waals surface area contributed by atoms with Crippen LogP contribution in [-0.2, 0) is 11.2 Å². The van der Waals surface area contributed by atoms with Crippen molar-refractivity contribution in [2.24, 2.45) is 11.8 Å². The molecule has 1 aromatic carbocycles. The molecular weight excluding hydrogens is 440 g/mol. The topological polar surface area (TPSA) is 32.8 Å². The summed E-state index contributed by atoms with van der Waals surface area (Å²) in [4.78, 5) is 16.3. The fraction of sp³-hybridized carbons (Fsp3) is 0.720. The third-order valence-electron chi connectivity index (χ3n) is 6.66. The fourth-order valence-electron chi connectivity index (χ4n) is 4.97. The van der Waals surface area contributed by atoms with Crippen LogP contribution in [0.4, 0.5) is 0 Å². The minimum atomic E-state index is 0.210. The van der Waals surface area contributed by atoms with Crippen LogP contribution in [0.15, 0.2) is 22.7 Å². The molecule has 1 amide bonds. The maximum atomic E-state index is 11.6. The maximum Gasteiger partial charge on any atom is 0.219 e.